The van der Waals surface area contributed by atoms with Gasteiger partial charge in [0.15, 0.2) is 0 Å². The van der Waals surface area contributed by atoms with Crippen LogP contribution in [0, 0.1) is 11.7 Å². The number of piperidine rings is 1. The van der Waals surface area contributed by atoms with E-state index in [-0.39, 0.29) is 23.7 Å². The van der Waals surface area contributed by atoms with Gasteiger partial charge in [-0.1, -0.05) is 29.8 Å². The summed E-state index contributed by atoms with van der Waals surface area (Å²) in [7, 11) is 0. The standard InChI is InChI=1S/C33H33ClFN3O5/c1-33(25-8-7-22(34)17-26(25)35)42-29-5-3-2-4-24(29)31(43-33)20-10-13-37(14-11-20)19-30-36-27-16-21(32(39)40)6-9-28(27)38(30)18-23-12-15-41-23/h2-9,16-17,20,23,31H,10-15,18-19H2,1H3,(H,39,40)/t23-,31?,33?/m0/s1. The number of aromatic carboxylic acids is 1. The number of nitrogens with zero attached hydrogens (tertiary/aromatic N) is 3. The molecule has 0 saturated carbocycles. The summed E-state index contributed by atoms with van der Waals surface area (Å²) in [6.07, 6.45) is 2.65. The third-order valence-corrected chi connectivity index (χ3v) is 9.22. The number of para-hydroxylation sites is 1. The molecule has 0 spiro atoms. The predicted octanol–water partition coefficient (Wildman–Crippen LogP) is 6.55. The van der Waals surface area contributed by atoms with Crippen molar-refractivity contribution < 1.29 is 28.5 Å². The number of ether oxygens (including phenoxy) is 3. The maximum Gasteiger partial charge on any atom is 0.335 e. The molecule has 8 nitrogen and oxygen atoms in total. The summed E-state index contributed by atoms with van der Waals surface area (Å²) in [6, 6.07) is 17.5. The highest BCUT2D eigenvalue weighted by molar-refractivity contribution is 6.30. The van der Waals surface area contributed by atoms with Crippen molar-refractivity contribution in [1.29, 1.82) is 0 Å². The van der Waals surface area contributed by atoms with Crippen LogP contribution < -0.4 is 4.74 Å². The summed E-state index contributed by atoms with van der Waals surface area (Å²) < 4.78 is 35.9. The van der Waals surface area contributed by atoms with Gasteiger partial charge in [0.2, 0.25) is 5.79 Å². The van der Waals surface area contributed by atoms with Crippen LogP contribution in [0.3, 0.4) is 0 Å². The fourth-order valence-electron chi connectivity index (χ4n) is 6.56. The van der Waals surface area contributed by atoms with Gasteiger partial charge in [0.05, 0.1) is 47.5 Å². The summed E-state index contributed by atoms with van der Waals surface area (Å²) >= 11 is 6.03. The van der Waals surface area contributed by atoms with Crippen molar-refractivity contribution in [3.05, 3.63) is 94.0 Å². The van der Waals surface area contributed by atoms with E-state index < -0.39 is 17.6 Å². The van der Waals surface area contributed by atoms with Crippen LogP contribution in [-0.2, 0) is 28.4 Å². The largest absolute Gasteiger partial charge is 0.478 e. The molecule has 10 heteroatoms. The van der Waals surface area contributed by atoms with E-state index >= 15 is 4.39 Å². The lowest BCUT2D eigenvalue weighted by Gasteiger charge is -2.44. The zero-order chi connectivity index (χ0) is 29.7. The molecule has 2 saturated heterocycles. The minimum Gasteiger partial charge on any atom is -0.478 e. The molecule has 2 fully saturated rings. The van der Waals surface area contributed by atoms with E-state index in [0.29, 0.717) is 34.9 Å². The normalized spacial score (nSPS) is 24.3. The first-order valence-electron chi connectivity index (χ1n) is 14.7. The van der Waals surface area contributed by atoms with Crippen LogP contribution in [0.1, 0.15) is 59.6 Å². The predicted molar refractivity (Wildman–Crippen MR) is 159 cm³/mol. The Labute approximate surface area is 253 Å². The highest BCUT2D eigenvalue weighted by Gasteiger charge is 2.44. The third kappa shape index (κ3) is 5.40. The molecule has 3 atom stereocenters. The SMILES string of the molecule is CC1(c2ccc(Cl)cc2F)Oc2ccccc2C(C2CCN(Cc3nc4cc(C(=O)O)ccc4n3C[C@@H]3CCO3)CC2)O1. The Balaban J connectivity index is 1.11. The number of carboxylic acids is 1. The molecule has 4 heterocycles. The van der Waals surface area contributed by atoms with E-state index in [1.165, 1.54) is 6.07 Å². The molecule has 1 aromatic heterocycles. The summed E-state index contributed by atoms with van der Waals surface area (Å²) in [5, 5.41) is 9.80. The zero-order valence-corrected chi connectivity index (χ0v) is 24.6. The van der Waals surface area contributed by atoms with Gasteiger partial charge in [-0.2, -0.15) is 0 Å². The average molecular weight is 606 g/mol. The number of aromatic nitrogens is 2. The number of imidazole rings is 1. The molecule has 7 rings (SSSR count). The molecular weight excluding hydrogens is 573 g/mol. The molecule has 2 unspecified atom stereocenters. The Morgan fingerprint density at radius 1 is 1.12 bits per heavy atom. The average Bonchev–Trinajstić information content (AvgIpc) is 3.30. The number of carboxylic acid groups (broad SMARTS) is 1. The van der Waals surface area contributed by atoms with Crippen molar-refractivity contribution in [2.45, 2.75) is 57.3 Å². The molecule has 3 aliphatic heterocycles. The van der Waals surface area contributed by atoms with E-state index in [1.807, 2.05) is 30.3 Å². The maximum atomic E-state index is 15.1. The van der Waals surface area contributed by atoms with Gasteiger partial charge in [0.1, 0.15) is 17.4 Å². The van der Waals surface area contributed by atoms with Crippen molar-refractivity contribution in [1.82, 2.24) is 14.5 Å². The number of carbonyl (C=O) groups is 1. The fraction of sp³-hybridized carbons (Fsp3) is 0.394. The quantitative estimate of drug-likeness (QED) is 0.256. The van der Waals surface area contributed by atoms with Crippen molar-refractivity contribution >= 4 is 28.6 Å². The first kappa shape index (κ1) is 28.3. The van der Waals surface area contributed by atoms with E-state index in [9.17, 15) is 9.90 Å². The van der Waals surface area contributed by atoms with Gasteiger partial charge >= 0.3 is 5.97 Å². The lowest BCUT2D eigenvalue weighted by atomic mass is 9.85. The van der Waals surface area contributed by atoms with Gasteiger partial charge in [0.25, 0.3) is 0 Å². The lowest BCUT2D eigenvalue weighted by molar-refractivity contribution is -0.243. The Hall–Kier alpha value is -3.50. The molecule has 3 aliphatic rings. The zero-order valence-electron chi connectivity index (χ0n) is 23.8. The summed E-state index contributed by atoms with van der Waals surface area (Å²) in [6.45, 7) is 5.55. The molecule has 1 N–H and O–H groups in total. The van der Waals surface area contributed by atoms with Crippen LogP contribution >= 0.6 is 11.6 Å². The Morgan fingerprint density at radius 2 is 1.91 bits per heavy atom. The summed E-state index contributed by atoms with van der Waals surface area (Å²) in [4.78, 5) is 18.8. The number of halogens is 2. The van der Waals surface area contributed by atoms with Crippen LogP contribution in [0.25, 0.3) is 11.0 Å². The second-order valence-corrected chi connectivity index (χ2v) is 12.2. The lowest BCUT2D eigenvalue weighted by Crippen LogP contribution is -2.43. The van der Waals surface area contributed by atoms with Crippen molar-refractivity contribution in [2.24, 2.45) is 5.92 Å². The van der Waals surface area contributed by atoms with Crippen LogP contribution in [0.4, 0.5) is 4.39 Å². The second-order valence-electron chi connectivity index (χ2n) is 11.8. The first-order valence-corrected chi connectivity index (χ1v) is 15.1. The Bertz CT molecular complexity index is 1680. The van der Waals surface area contributed by atoms with Gasteiger partial charge in [0, 0.05) is 24.1 Å². The van der Waals surface area contributed by atoms with E-state index in [4.69, 9.17) is 30.8 Å². The molecule has 4 aromatic rings. The topological polar surface area (TPSA) is 86.1 Å². The monoisotopic (exact) mass is 605 g/mol. The van der Waals surface area contributed by atoms with Crippen molar-refractivity contribution in [3.63, 3.8) is 0 Å². The first-order chi connectivity index (χ1) is 20.8. The van der Waals surface area contributed by atoms with Gasteiger partial charge in [-0.25, -0.2) is 14.2 Å². The molecule has 43 heavy (non-hydrogen) atoms. The number of hydrogen-bond donors (Lipinski definition) is 1. The molecule has 224 valence electrons. The molecule has 0 bridgehead atoms. The van der Waals surface area contributed by atoms with Gasteiger partial charge in [-0.3, -0.25) is 4.90 Å². The highest BCUT2D eigenvalue weighted by atomic mass is 35.5. The second kappa shape index (κ2) is 11.2. The molecular formula is C33H33ClFN3O5. The number of likely N-dealkylation sites (tertiary alicyclic amines) is 1. The van der Waals surface area contributed by atoms with Gasteiger partial charge < -0.3 is 23.9 Å². The minimum atomic E-state index is -1.30. The summed E-state index contributed by atoms with van der Waals surface area (Å²) in [5.41, 5.74) is 3.13. The number of fused-ring (bicyclic) bond motifs is 2. The molecule has 0 aliphatic carbocycles. The molecule has 3 aromatic carbocycles. The van der Waals surface area contributed by atoms with Crippen molar-refractivity contribution in [2.75, 3.05) is 19.7 Å². The van der Waals surface area contributed by atoms with Gasteiger partial charge in [-0.15, -0.1) is 0 Å². The van der Waals surface area contributed by atoms with Crippen LogP contribution in [0.15, 0.2) is 60.7 Å². The molecule has 0 radical (unpaired) electrons. The third-order valence-electron chi connectivity index (χ3n) is 8.98. The van der Waals surface area contributed by atoms with E-state index in [1.54, 1.807) is 31.2 Å². The Kier molecular flexibility index (Phi) is 7.37. The van der Waals surface area contributed by atoms with Crippen LogP contribution in [0.5, 0.6) is 5.75 Å². The van der Waals surface area contributed by atoms with Gasteiger partial charge in [-0.05, 0) is 80.7 Å². The Morgan fingerprint density at radius 3 is 2.63 bits per heavy atom. The maximum absolute atomic E-state index is 15.1. The number of hydrogen-bond acceptors (Lipinski definition) is 6. The van der Waals surface area contributed by atoms with Crippen LogP contribution in [-0.4, -0.2) is 51.3 Å². The smallest absolute Gasteiger partial charge is 0.335 e. The number of benzene rings is 3. The minimum absolute atomic E-state index is 0.145. The van der Waals surface area contributed by atoms with E-state index in [0.717, 1.165) is 55.9 Å². The molecule has 0 amide bonds. The fourth-order valence-corrected chi connectivity index (χ4v) is 6.72. The van der Waals surface area contributed by atoms with E-state index in [2.05, 4.69) is 9.47 Å². The van der Waals surface area contributed by atoms with Crippen molar-refractivity contribution in [3.8, 4) is 5.75 Å². The highest BCUT2D eigenvalue weighted by Crippen LogP contribution is 2.49. The number of rotatable bonds is 7. The summed E-state index contributed by atoms with van der Waals surface area (Å²) in [5.74, 6) is -0.914. The van der Waals surface area contributed by atoms with Crippen LogP contribution in [0.2, 0.25) is 5.02 Å².